The average Bonchev–Trinajstić information content (AvgIpc) is 2.74. The molecule has 160 valence electrons. The van der Waals surface area contributed by atoms with Crippen LogP contribution in [0.2, 0.25) is 0 Å². The number of benzene rings is 2. The molecule has 6 nitrogen and oxygen atoms in total. The van der Waals surface area contributed by atoms with Crippen LogP contribution in [0.4, 0.5) is 5.69 Å². The van der Waals surface area contributed by atoms with Crippen molar-refractivity contribution >= 4 is 22.4 Å². The number of carbonyl (C=O) groups is 1. The van der Waals surface area contributed by atoms with Crippen LogP contribution in [0.5, 0.6) is 0 Å². The molecule has 0 spiro atoms. The van der Waals surface area contributed by atoms with E-state index in [4.69, 9.17) is 4.52 Å². The highest BCUT2D eigenvalue weighted by molar-refractivity contribution is 6.01. The highest BCUT2D eigenvalue weighted by atomic mass is 16.5. The Labute approximate surface area is 181 Å². The van der Waals surface area contributed by atoms with Gasteiger partial charge in [-0.25, -0.2) is 4.79 Å². The molecule has 31 heavy (non-hydrogen) atoms. The third kappa shape index (κ3) is 4.68. The molecule has 3 aromatic rings. The quantitative estimate of drug-likeness (QED) is 0.594. The molecule has 0 fully saturated rings. The van der Waals surface area contributed by atoms with Gasteiger partial charge in [0.1, 0.15) is 0 Å². The predicted molar refractivity (Wildman–Crippen MR) is 121 cm³/mol. The minimum Gasteiger partial charge on any atom is -0.369 e. The fourth-order valence-electron chi connectivity index (χ4n) is 3.74. The van der Waals surface area contributed by atoms with Crippen molar-refractivity contribution in [1.82, 2.24) is 5.16 Å². The molecule has 0 saturated heterocycles. The normalized spacial score (nSPS) is 13.2. The van der Waals surface area contributed by atoms with Crippen molar-refractivity contribution in [3.63, 3.8) is 0 Å². The Kier molecular flexibility index (Phi) is 6.28. The van der Waals surface area contributed by atoms with Crippen LogP contribution in [-0.4, -0.2) is 21.8 Å². The number of hydrogen-bond donors (Lipinski definition) is 2. The van der Waals surface area contributed by atoms with Gasteiger partial charge >= 0.3 is 5.63 Å². The molecule has 0 aliphatic rings. The Hall–Kier alpha value is -3.43. The zero-order valence-corrected chi connectivity index (χ0v) is 18.2. The second-order valence-electron chi connectivity index (χ2n) is 8.15. The summed E-state index contributed by atoms with van der Waals surface area (Å²) in [6.07, 6.45) is 0.670. The van der Waals surface area contributed by atoms with Crippen molar-refractivity contribution in [2.75, 3.05) is 5.32 Å². The van der Waals surface area contributed by atoms with Crippen LogP contribution in [0.3, 0.4) is 0 Å². The number of carbonyl (C=O) groups excluding carboxylic acids is 1. The van der Waals surface area contributed by atoms with E-state index in [1.165, 1.54) is 0 Å². The predicted octanol–water partition coefficient (Wildman–Crippen LogP) is 3.81. The molecule has 0 bridgehead atoms. The Morgan fingerprint density at radius 3 is 2.52 bits per heavy atom. The Balaban J connectivity index is 1.93. The lowest BCUT2D eigenvalue weighted by atomic mass is 9.75. The molecule has 2 N–H and O–H groups in total. The Morgan fingerprint density at radius 2 is 1.87 bits per heavy atom. The fraction of sp³-hybridized carbons (Fsp3) is 0.320. The molecular formula is C25H26N2O4. The first-order chi connectivity index (χ1) is 14.7. The number of amides is 1. The molecule has 0 saturated carbocycles. The number of aryl methyl sites for hydroxylation is 1. The van der Waals surface area contributed by atoms with Gasteiger partial charge in [-0.3, -0.25) is 4.79 Å². The van der Waals surface area contributed by atoms with Crippen molar-refractivity contribution < 1.29 is 14.4 Å². The Morgan fingerprint density at radius 1 is 1.16 bits per heavy atom. The van der Waals surface area contributed by atoms with E-state index in [9.17, 15) is 14.7 Å². The number of nitrogens with zero attached hydrogens (tertiary/aromatic N) is 1. The van der Waals surface area contributed by atoms with E-state index in [0.29, 0.717) is 28.6 Å². The molecule has 0 radical (unpaired) electrons. The molecule has 1 unspecified atom stereocenters. The summed E-state index contributed by atoms with van der Waals surface area (Å²) in [5.74, 6) is 4.74. The second kappa shape index (κ2) is 8.75. The van der Waals surface area contributed by atoms with Gasteiger partial charge in [0.25, 0.3) is 5.91 Å². The molecule has 0 aliphatic heterocycles. The standard InChI is InChI=1S/C25H26N2O4/c1-5-14-25(30,16-24(3,4)17-10-8-7-9-11-17)23(29)26-18-12-13-19-20(15-18)21(6-2)27-31-22(19)28/h7-13,15,30H,6,16H2,1-4H3,(H,26,29). The maximum Gasteiger partial charge on any atom is 0.366 e. The van der Waals surface area contributed by atoms with Gasteiger partial charge in [-0.1, -0.05) is 62.2 Å². The van der Waals surface area contributed by atoms with Crippen LogP contribution in [-0.2, 0) is 16.6 Å². The van der Waals surface area contributed by atoms with Gasteiger partial charge in [-0.05, 0) is 42.5 Å². The monoisotopic (exact) mass is 418 g/mol. The Bertz CT molecular complexity index is 1220. The van der Waals surface area contributed by atoms with Crippen molar-refractivity contribution in [3.8, 4) is 11.8 Å². The van der Waals surface area contributed by atoms with E-state index in [0.717, 1.165) is 5.56 Å². The van der Waals surface area contributed by atoms with Crippen molar-refractivity contribution in [2.24, 2.45) is 0 Å². The summed E-state index contributed by atoms with van der Waals surface area (Å²) in [4.78, 5) is 25.1. The minimum atomic E-state index is -1.90. The van der Waals surface area contributed by atoms with E-state index < -0.39 is 22.5 Å². The summed E-state index contributed by atoms with van der Waals surface area (Å²) < 4.78 is 4.82. The number of hydrogen-bond acceptors (Lipinski definition) is 5. The van der Waals surface area contributed by atoms with Gasteiger partial charge in [-0.15, -0.1) is 5.92 Å². The first-order valence-electron chi connectivity index (χ1n) is 10.2. The lowest BCUT2D eigenvalue weighted by molar-refractivity contribution is -0.130. The van der Waals surface area contributed by atoms with E-state index >= 15 is 0 Å². The molecular weight excluding hydrogens is 392 g/mol. The maximum absolute atomic E-state index is 13.1. The van der Waals surface area contributed by atoms with Crippen molar-refractivity contribution in [3.05, 3.63) is 70.2 Å². The first kappa shape index (κ1) is 22.3. The highest BCUT2D eigenvalue weighted by Crippen LogP contribution is 2.33. The molecule has 1 atom stereocenters. The molecule has 1 amide bonds. The summed E-state index contributed by atoms with van der Waals surface area (Å²) in [7, 11) is 0. The van der Waals surface area contributed by atoms with E-state index in [1.54, 1.807) is 25.1 Å². The molecule has 3 rings (SSSR count). The van der Waals surface area contributed by atoms with Crippen LogP contribution < -0.4 is 10.9 Å². The number of aliphatic hydroxyl groups is 1. The fourth-order valence-corrected chi connectivity index (χ4v) is 3.74. The molecule has 2 aromatic carbocycles. The van der Waals surface area contributed by atoms with E-state index in [-0.39, 0.29) is 6.42 Å². The summed E-state index contributed by atoms with van der Waals surface area (Å²) in [6, 6.07) is 14.5. The second-order valence-corrected chi connectivity index (χ2v) is 8.15. The van der Waals surface area contributed by atoms with Gasteiger partial charge in [-0.2, -0.15) is 0 Å². The molecule has 0 aliphatic carbocycles. The van der Waals surface area contributed by atoms with Crippen LogP contribution in [0.25, 0.3) is 10.8 Å². The van der Waals surface area contributed by atoms with Crippen molar-refractivity contribution in [1.29, 1.82) is 0 Å². The summed E-state index contributed by atoms with van der Waals surface area (Å²) in [5, 5.41) is 18.8. The number of aromatic nitrogens is 1. The van der Waals surface area contributed by atoms with E-state index in [2.05, 4.69) is 22.3 Å². The smallest absolute Gasteiger partial charge is 0.366 e. The van der Waals surface area contributed by atoms with Crippen LogP contribution in [0, 0.1) is 11.8 Å². The van der Waals surface area contributed by atoms with Gasteiger partial charge in [0.15, 0.2) is 0 Å². The lowest BCUT2D eigenvalue weighted by Crippen LogP contribution is -2.46. The van der Waals surface area contributed by atoms with Gasteiger partial charge in [0, 0.05) is 17.5 Å². The van der Waals surface area contributed by atoms with Crippen LogP contribution in [0.15, 0.2) is 57.8 Å². The third-order valence-corrected chi connectivity index (χ3v) is 5.34. The molecule has 1 aromatic heterocycles. The van der Waals surface area contributed by atoms with E-state index in [1.807, 2.05) is 51.1 Å². The van der Waals surface area contributed by atoms with Gasteiger partial charge < -0.3 is 14.9 Å². The summed E-state index contributed by atoms with van der Waals surface area (Å²) in [5.41, 5.74) is -0.894. The molecule has 6 heteroatoms. The minimum absolute atomic E-state index is 0.107. The summed E-state index contributed by atoms with van der Waals surface area (Å²) in [6.45, 7) is 7.41. The number of rotatable bonds is 6. The first-order valence-corrected chi connectivity index (χ1v) is 10.2. The number of fused-ring (bicyclic) bond motifs is 1. The molecule has 1 heterocycles. The van der Waals surface area contributed by atoms with Crippen molar-refractivity contribution in [2.45, 2.75) is 51.6 Å². The topological polar surface area (TPSA) is 92.4 Å². The van der Waals surface area contributed by atoms with Crippen LogP contribution >= 0.6 is 0 Å². The van der Waals surface area contributed by atoms with Gasteiger partial charge in [0.2, 0.25) is 5.60 Å². The van der Waals surface area contributed by atoms with Crippen LogP contribution in [0.1, 0.15) is 45.4 Å². The number of anilines is 1. The van der Waals surface area contributed by atoms with Gasteiger partial charge in [0.05, 0.1) is 11.1 Å². The average molecular weight is 418 g/mol. The summed E-state index contributed by atoms with van der Waals surface area (Å²) >= 11 is 0. The largest absolute Gasteiger partial charge is 0.369 e. The SMILES string of the molecule is CC#CC(O)(CC(C)(C)c1ccccc1)C(=O)Nc1ccc2c(=O)onc(CC)c2c1. The lowest BCUT2D eigenvalue weighted by Gasteiger charge is -2.32. The third-order valence-electron chi connectivity index (χ3n) is 5.34. The maximum atomic E-state index is 13.1. The highest BCUT2D eigenvalue weighted by Gasteiger charge is 2.40. The zero-order valence-electron chi connectivity index (χ0n) is 18.2. The zero-order chi connectivity index (χ0) is 22.6. The number of nitrogens with one attached hydrogen (secondary N) is 1.